The van der Waals surface area contributed by atoms with E-state index in [0.717, 1.165) is 12.0 Å². The zero-order valence-electron chi connectivity index (χ0n) is 11.5. The largest absolute Gasteiger partial charge is 0.481 e. The van der Waals surface area contributed by atoms with E-state index in [9.17, 15) is 9.59 Å². The average Bonchev–Trinajstić information content (AvgIpc) is 2.39. The molecule has 4 nitrogen and oxygen atoms in total. The van der Waals surface area contributed by atoms with Gasteiger partial charge in [-0.25, -0.2) is 0 Å². The van der Waals surface area contributed by atoms with Crippen LogP contribution in [0.1, 0.15) is 44.7 Å². The maximum Gasteiger partial charge on any atom is 0.305 e. The number of carbonyl (C=O) groups is 2. The van der Waals surface area contributed by atoms with Crippen molar-refractivity contribution in [3.63, 3.8) is 0 Å². The zero-order valence-corrected chi connectivity index (χ0v) is 11.5. The van der Waals surface area contributed by atoms with Gasteiger partial charge in [-0.1, -0.05) is 37.3 Å². The molecule has 4 heteroatoms. The molecule has 1 aromatic carbocycles. The fourth-order valence-corrected chi connectivity index (χ4v) is 2.02. The number of aliphatic carboxylic acids is 1. The van der Waals surface area contributed by atoms with Gasteiger partial charge in [0.25, 0.3) is 0 Å². The molecule has 104 valence electrons. The van der Waals surface area contributed by atoms with E-state index in [1.807, 2.05) is 44.2 Å². The Bertz CT molecular complexity index is 417. The summed E-state index contributed by atoms with van der Waals surface area (Å²) in [4.78, 5) is 24.5. The molecule has 0 heterocycles. The monoisotopic (exact) mass is 263 g/mol. The first kappa shape index (κ1) is 15.2. The topological polar surface area (TPSA) is 57.6 Å². The van der Waals surface area contributed by atoms with Crippen LogP contribution in [0.3, 0.4) is 0 Å². The van der Waals surface area contributed by atoms with Crippen molar-refractivity contribution in [2.24, 2.45) is 0 Å². The highest BCUT2D eigenvalue weighted by atomic mass is 16.4. The van der Waals surface area contributed by atoms with Crippen LogP contribution in [-0.4, -0.2) is 28.4 Å². The number of rotatable bonds is 7. The first-order chi connectivity index (χ1) is 9.06. The molecule has 1 aromatic rings. The van der Waals surface area contributed by atoms with Crippen molar-refractivity contribution in [1.82, 2.24) is 4.90 Å². The number of hydrogen-bond acceptors (Lipinski definition) is 2. The van der Waals surface area contributed by atoms with Crippen molar-refractivity contribution >= 4 is 11.9 Å². The Labute approximate surface area is 114 Å². The Morgan fingerprint density at radius 1 is 1.21 bits per heavy atom. The minimum atomic E-state index is -0.880. The lowest BCUT2D eigenvalue weighted by Gasteiger charge is -2.29. The molecule has 1 atom stereocenters. The third kappa shape index (κ3) is 4.73. The highest BCUT2D eigenvalue weighted by Gasteiger charge is 2.21. The van der Waals surface area contributed by atoms with Gasteiger partial charge >= 0.3 is 5.97 Å². The molecular weight excluding hydrogens is 242 g/mol. The van der Waals surface area contributed by atoms with Crippen molar-refractivity contribution in [2.45, 2.75) is 39.2 Å². The predicted octanol–water partition coefficient (Wildman–Crippen LogP) is 2.85. The second-order valence-corrected chi connectivity index (χ2v) is 4.57. The van der Waals surface area contributed by atoms with Crippen LogP contribution in [0.2, 0.25) is 0 Å². The quantitative estimate of drug-likeness (QED) is 0.823. The number of carboxylic acids is 1. The smallest absolute Gasteiger partial charge is 0.305 e. The summed E-state index contributed by atoms with van der Waals surface area (Å²) >= 11 is 0. The molecule has 0 spiro atoms. The lowest BCUT2D eigenvalue weighted by Crippen LogP contribution is -2.35. The maximum absolute atomic E-state index is 12.1. The third-order valence-corrected chi connectivity index (χ3v) is 3.10. The van der Waals surface area contributed by atoms with E-state index in [1.165, 1.54) is 0 Å². The van der Waals surface area contributed by atoms with Crippen LogP contribution in [0.15, 0.2) is 30.3 Å². The van der Waals surface area contributed by atoms with Crippen molar-refractivity contribution in [3.05, 3.63) is 35.9 Å². The van der Waals surface area contributed by atoms with E-state index in [0.29, 0.717) is 6.42 Å². The van der Waals surface area contributed by atoms with E-state index in [-0.39, 0.29) is 24.9 Å². The van der Waals surface area contributed by atoms with Gasteiger partial charge in [0.1, 0.15) is 0 Å². The number of benzene rings is 1. The molecule has 0 aromatic heterocycles. The number of hydrogen-bond donors (Lipinski definition) is 1. The molecule has 0 bridgehead atoms. The number of carboxylic acid groups (broad SMARTS) is 1. The van der Waals surface area contributed by atoms with E-state index < -0.39 is 5.97 Å². The van der Waals surface area contributed by atoms with Gasteiger partial charge in [0.2, 0.25) is 5.91 Å². The summed E-state index contributed by atoms with van der Waals surface area (Å²) in [5.41, 5.74) is 1.03. The second-order valence-electron chi connectivity index (χ2n) is 4.57. The summed E-state index contributed by atoms with van der Waals surface area (Å²) in [6.07, 6.45) is 1.20. The summed E-state index contributed by atoms with van der Waals surface area (Å²) in [5.74, 6) is -0.866. The lowest BCUT2D eigenvalue weighted by atomic mass is 10.1. The summed E-state index contributed by atoms with van der Waals surface area (Å²) in [6.45, 7) is 4.13. The molecule has 0 aliphatic heterocycles. The molecule has 19 heavy (non-hydrogen) atoms. The van der Waals surface area contributed by atoms with E-state index in [4.69, 9.17) is 5.11 Å². The summed E-state index contributed by atoms with van der Waals surface area (Å²) in [6, 6.07) is 9.58. The molecule has 1 N–H and O–H groups in total. The first-order valence-electron chi connectivity index (χ1n) is 6.62. The average molecular weight is 263 g/mol. The van der Waals surface area contributed by atoms with Crippen LogP contribution < -0.4 is 0 Å². The predicted molar refractivity (Wildman–Crippen MR) is 73.7 cm³/mol. The van der Waals surface area contributed by atoms with E-state index in [1.54, 1.807) is 4.90 Å². The Kier molecular flexibility index (Phi) is 6.06. The molecule has 0 radical (unpaired) electrons. The second kappa shape index (κ2) is 7.56. The lowest BCUT2D eigenvalue weighted by molar-refractivity contribution is -0.139. The Morgan fingerprint density at radius 3 is 2.37 bits per heavy atom. The number of amides is 1. The summed E-state index contributed by atoms with van der Waals surface area (Å²) in [5, 5.41) is 8.79. The molecule has 0 saturated carbocycles. The maximum atomic E-state index is 12.1. The van der Waals surface area contributed by atoms with Crippen molar-refractivity contribution < 1.29 is 14.7 Å². The number of nitrogens with zero attached hydrogens (tertiary/aromatic N) is 1. The minimum absolute atomic E-state index is 0.0140. The van der Waals surface area contributed by atoms with Crippen LogP contribution in [-0.2, 0) is 9.59 Å². The Hall–Kier alpha value is -1.84. The third-order valence-electron chi connectivity index (χ3n) is 3.10. The molecule has 0 aliphatic carbocycles. The molecular formula is C15H21NO3. The van der Waals surface area contributed by atoms with Gasteiger partial charge in [0, 0.05) is 13.0 Å². The van der Waals surface area contributed by atoms with Crippen molar-refractivity contribution in [2.75, 3.05) is 6.54 Å². The van der Waals surface area contributed by atoms with Crippen LogP contribution >= 0.6 is 0 Å². The van der Waals surface area contributed by atoms with Crippen LogP contribution in [0.25, 0.3) is 0 Å². The van der Waals surface area contributed by atoms with Gasteiger partial charge in [0.15, 0.2) is 0 Å². The van der Waals surface area contributed by atoms with Crippen molar-refractivity contribution in [3.8, 4) is 0 Å². The number of carbonyl (C=O) groups excluding carboxylic acids is 1. The fourth-order valence-electron chi connectivity index (χ4n) is 2.02. The highest BCUT2D eigenvalue weighted by Crippen LogP contribution is 2.21. The van der Waals surface area contributed by atoms with Gasteiger partial charge in [-0.15, -0.1) is 0 Å². The van der Waals surface area contributed by atoms with E-state index in [2.05, 4.69) is 0 Å². The molecule has 0 aliphatic rings. The summed E-state index contributed by atoms with van der Waals surface area (Å²) in [7, 11) is 0. The van der Waals surface area contributed by atoms with Crippen LogP contribution in [0, 0.1) is 0 Å². The summed E-state index contributed by atoms with van der Waals surface area (Å²) < 4.78 is 0. The van der Waals surface area contributed by atoms with Crippen LogP contribution in [0.4, 0.5) is 0 Å². The van der Waals surface area contributed by atoms with Gasteiger partial charge in [-0.3, -0.25) is 9.59 Å². The van der Waals surface area contributed by atoms with E-state index >= 15 is 0 Å². The standard InChI is InChI=1S/C15H21NO3/c1-3-7-14(17)16(11-10-15(18)19)12(2)13-8-5-4-6-9-13/h4-6,8-9,12H,3,7,10-11H2,1-2H3,(H,18,19). The Morgan fingerprint density at radius 2 is 1.84 bits per heavy atom. The van der Waals surface area contributed by atoms with Crippen LogP contribution in [0.5, 0.6) is 0 Å². The molecule has 1 unspecified atom stereocenters. The van der Waals surface area contributed by atoms with Gasteiger partial charge in [-0.2, -0.15) is 0 Å². The van der Waals surface area contributed by atoms with Crippen molar-refractivity contribution in [1.29, 1.82) is 0 Å². The fraction of sp³-hybridized carbons (Fsp3) is 0.467. The molecule has 1 rings (SSSR count). The highest BCUT2D eigenvalue weighted by molar-refractivity contribution is 5.77. The van der Waals surface area contributed by atoms with Gasteiger partial charge in [-0.05, 0) is 18.9 Å². The molecule has 0 fully saturated rings. The molecule has 0 saturated heterocycles. The first-order valence-corrected chi connectivity index (χ1v) is 6.62. The molecule has 1 amide bonds. The Balaban J connectivity index is 2.82. The minimum Gasteiger partial charge on any atom is -0.481 e. The zero-order chi connectivity index (χ0) is 14.3. The van der Waals surface area contributed by atoms with Gasteiger partial charge in [0.05, 0.1) is 12.5 Å². The van der Waals surface area contributed by atoms with Gasteiger partial charge < -0.3 is 10.0 Å². The SMILES string of the molecule is CCCC(=O)N(CCC(=O)O)C(C)c1ccccc1. The normalized spacial score (nSPS) is 11.9.